The second-order valence-corrected chi connectivity index (χ2v) is 4.43. The number of thiophene rings is 1. The summed E-state index contributed by atoms with van der Waals surface area (Å²) in [5.41, 5.74) is 1.15. The first kappa shape index (κ1) is 9.55. The summed E-state index contributed by atoms with van der Waals surface area (Å²) in [5, 5.41) is 11.9. The van der Waals surface area contributed by atoms with Crippen LogP contribution < -0.4 is 0 Å². The Morgan fingerprint density at radius 2 is 2.29 bits per heavy atom. The average Bonchev–Trinajstić information content (AvgIpc) is 2.59. The first-order valence-corrected chi connectivity index (χ1v) is 5.37. The predicted molar refractivity (Wildman–Crippen MR) is 60.8 cm³/mol. The van der Waals surface area contributed by atoms with Crippen molar-refractivity contribution < 1.29 is 9.90 Å². The van der Waals surface area contributed by atoms with E-state index in [-0.39, 0.29) is 0 Å². The van der Waals surface area contributed by atoms with Crippen molar-refractivity contribution in [3.63, 3.8) is 0 Å². The number of carboxylic acid groups (broad SMARTS) is 1. The van der Waals surface area contributed by atoms with Crippen LogP contribution in [0, 0.1) is 6.92 Å². The van der Waals surface area contributed by atoms with Crippen LogP contribution in [0.2, 0.25) is 0 Å². The Morgan fingerprint density at radius 1 is 1.57 bits per heavy atom. The predicted octanol–water partition coefficient (Wildman–Crippen LogP) is 3.20. The number of aryl methyl sites for hydroxylation is 1. The normalized spacial score (nSPS) is 10.7. The molecule has 0 aliphatic heterocycles. The van der Waals surface area contributed by atoms with Crippen molar-refractivity contribution in [1.29, 1.82) is 0 Å². The van der Waals surface area contributed by atoms with Crippen LogP contribution in [-0.4, -0.2) is 11.1 Å². The lowest BCUT2D eigenvalue weighted by Gasteiger charge is -2.04. The molecule has 2 rings (SSSR count). The van der Waals surface area contributed by atoms with Crippen LogP contribution in [0.5, 0.6) is 0 Å². The lowest BCUT2D eigenvalue weighted by atomic mass is 10.1. The minimum Gasteiger partial charge on any atom is -0.478 e. The Labute approximate surface area is 90.6 Å². The van der Waals surface area contributed by atoms with Crippen molar-refractivity contribution in [3.8, 4) is 0 Å². The highest BCUT2D eigenvalue weighted by molar-refractivity contribution is 7.80. The van der Waals surface area contributed by atoms with E-state index in [1.165, 1.54) is 0 Å². The molecule has 72 valence electrons. The maximum absolute atomic E-state index is 10.9. The molecule has 14 heavy (non-hydrogen) atoms. The van der Waals surface area contributed by atoms with E-state index in [0.717, 1.165) is 20.5 Å². The van der Waals surface area contributed by atoms with Gasteiger partial charge in [-0.05, 0) is 35.4 Å². The summed E-state index contributed by atoms with van der Waals surface area (Å²) in [6.07, 6.45) is 0. The molecule has 1 aromatic heterocycles. The van der Waals surface area contributed by atoms with Crippen LogP contribution >= 0.6 is 24.0 Å². The molecule has 1 heterocycles. The van der Waals surface area contributed by atoms with Crippen LogP contribution in [0.3, 0.4) is 0 Å². The number of aromatic carboxylic acids is 1. The Morgan fingerprint density at radius 3 is 2.93 bits per heavy atom. The van der Waals surface area contributed by atoms with E-state index in [9.17, 15) is 4.79 Å². The molecule has 1 aromatic carbocycles. The minimum atomic E-state index is -0.897. The fourth-order valence-electron chi connectivity index (χ4n) is 1.48. The first-order chi connectivity index (χ1) is 6.61. The average molecular weight is 224 g/mol. The van der Waals surface area contributed by atoms with Gasteiger partial charge in [-0.1, -0.05) is 0 Å². The molecular weight excluding hydrogens is 216 g/mol. The summed E-state index contributed by atoms with van der Waals surface area (Å²) in [6.45, 7) is 1.83. The van der Waals surface area contributed by atoms with Crippen LogP contribution in [0.15, 0.2) is 22.4 Å². The van der Waals surface area contributed by atoms with E-state index in [1.54, 1.807) is 17.4 Å². The van der Waals surface area contributed by atoms with E-state index in [4.69, 9.17) is 5.11 Å². The number of fused-ring (bicyclic) bond motifs is 1. The Kier molecular flexibility index (Phi) is 2.25. The van der Waals surface area contributed by atoms with Gasteiger partial charge >= 0.3 is 5.97 Å². The summed E-state index contributed by atoms with van der Waals surface area (Å²) in [4.78, 5) is 11.6. The van der Waals surface area contributed by atoms with Gasteiger partial charge in [0.25, 0.3) is 0 Å². The van der Waals surface area contributed by atoms with Crippen molar-refractivity contribution in [3.05, 3.63) is 28.6 Å². The Balaban J connectivity index is 2.88. The summed E-state index contributed by atoms with van der Waals surface area (Å²) < 4.78 is 1.05. The quantitative estimate of drug-likeness (QED) is 0.730. The summed E-state index contributed by atoms with van der Waals surface area (Å²) in [6, 6.07) is 3.54. The maximum atomic E-state index is 10.9. The van der Waals surface area contributed by atoms with Gasteiger partial charge in [0.05, 0.1) is 5.56 Å². The number of benzene rings is 1. The van der Waals surface area contributed by atoms with Crippen molar-refractivity contribution in [2.24, 2.45) is 0 Å². The maximum Gasteiger partial charge on any atom is 0.336 e. The molecule has 0 bridgehead atoms. The van der Waals surface area contributed by atoms with Gasteiger partial charge in [0.2, 0.25) is 0 Å². The fourth-order valence-corrected chi connectivity index (χ4v) is 2.76. The third kappa shape index (κ3) is 1.31. The number of carboxylic acids is 1. The Hall–Kier alpha value is -1.00. The molecule has 0 unspecified atom stereocenters. The SMILES string of the molecule is Cc1c(C(=O)O)cc(S)c2sccc12. The molecule has 0 atom stereocenters. The van der Waals surface area contributed by atoms with Crippen LogP contribution in [0.4, 0.5) is 0 Å². The van der Waals surface area contributed by atoms with E-state index < -0.39 is 5.97 Å². The number of hydrogen-bond acceptors (Lipinski definition) is 3. The fraction of sp³-hybridized carbons (Fsp3) is 0.100. The van der Waals surface area contributed by atoms with Gasteiger partial charge in [0.1, 0.15) is 0 Å². The molecule has 0 saturated heterocycles. The van der Waals surface area contributed by atoms with Crippen LogP contribution in [0.25, 0.3) is 10.1 Å². The van der Waals surface area contributed by atoms with Gasteiger partial charge in [-0.2, -0.15) is 0 Å². The number of thiol groups is 1. The van der Waals surface area contributed by atoms with Crippen molar-refractivity contribution in [2.45, 2.75) is 11.8 Å². The molecule has 0 spiro atoms. The van der Waals surface area contributed by atoms with Crippen LogP contribution in [-0.2, 0) is 0 Å². The van der Waals surface area contributed by atoms with Gasteiger partial charge in [-0.25, -0.2) is 4.79 Å². The van der Waals surface area contributed by atoms with Gasteiger partial charge in [-0.3, -0.25) is 0 Å². The molecule has 0 aliphatic rings. The van der Waals surface area contributed by atoms with Gasteiger partial charge < -0.3 is 5.11 Å². The van der Waals surface area contributed by atoms with Crippen LogP contribution in [0.1, 0.15) is 15.9 Å². The molecule has 2 nitrogen and oxygen atoms in total. The second-order valence-electron chi connectivity index (χ2n) is 3.04. The molecule has 4 heteroatoms. The molecule has 0 radical (unpaired) electrons. The van der Waals surface area contributed by atoms with Crippen molar-refractivity contribution in [1.82, 2.24) is 0 Å². The molecule has 0 amide bonds. The minimum absolute atomic E-state index is 0.334. The standard InChI is InChI=1S/C10H8O2S2/c1-5-6-2-3-14-9(6)8(13)4-7(5)10(11)12/h2-4,13H,1H3,(H,11,12). The molecule has 2 aromatic rings. The van der Waals surface area contributed by atoms with E-state index in [2.05, 4.69) is 12.6 Å². The van der Waals surface area contributed by atoms with Gasteiger partial charge in [0.15, 0.2) is 0 Å². The second kappa shape index (κ2) is 3.29. The highest BCUT2D eigenvalue weighted by Crippen LogP contribution is 2.32. The zero-order chi connectivity index (χ0) is 10.3. The van der Waals surface area contributed by atoms with E-state index in [0.29, 0.717) is 5.56 Å². The smallest absolute Gasteiger partial charge is 0.336 e. The molecule has 1 N–H and O–H groups in total. The zero-order valence-electron chi connectivity index (χ0n) is 7.44. The zero-order valence-corrected chi connectivity index (χ0v) is 9.15. The summed E-state index contributed by atoms with van der Waals surface area (Å²) in [7, 11) is 0. The molecule has 0 saturated carbocycles. The summed E-state index contributed by atoms with van der Waals surface area (Å²) in [5.74, 6) is -0.897. The lowest BCUT2D eigenvalue weighted by Crippen LogP contribution is -1.99. The van der Waals surface area contributed by atoms with E-state index >= 15 is 0 Å². The molecule has 0 aliphatic carbocycles. The number of hydrogen-bond donors (Lipinski definition) is 2. The lowest BCUT2D eigenvalue weighted by molar-refractivity contribution is 0.0696. The monoisotopic (exact) mass is 224 g/mol. The third-order valence-corrected chi connectivity index (χ3v) is 3.67. The van der Waals surface area contributed by atoms with Crippen molar-refractivity contribution >= 4 is 40.0 Å². The first-order valence-electron chi connectivity index (χ1n) is 4.04. The number of rotatable bonds is 1. The number of carbonyl (C=O) groups is 1. The molecule has 0 fully saturated rings. The highest BCUT2D eigenvalue weighted by atomic mass is 32.1. The topological polar surface area (TPSA) is 37.3 Å². The molecular formula is C10H8O2S2. The Bertz CT molecular complexity index is 514. The van der Waals surface area contributed by atoms with E-state index in [1.807, 2.05) is 18.4 Å². The van der Waals surface area contributed by atoms with Crippen molar-refractivity contribution in [2.75, 3.05) is 0 Å². The third-order valence-electron chi connectivity index (χ3n) is 2.22. The largest absolute Gasteiger partial charge is 0.478 e. The highest BCUT2D eigenvalue weighted by Gasteiger charge is 2.12. The van der Waals surface area contributed by atoms with Gasteiger partial charge in [0, 0.05) is 9.60 Å². The van der Waals surface area contributed by atoms with Gasteiger partial charge in [-0.15, -0.1) is 24.0 Å². The summed E-state index contributed by atoms with van der Waals surface area (Å²) >= 11 is 5.85.